The van der Waals surface area contributed by atoms with Gasteiger partial charge in [0.15, 0.2) is 0 Å². The molecule has 0 radical (unpaired) electrons. The van der Waals surface area contributed by atoms with Crippen molar-refractivity contribution >= 4 is 29.1 Å². The summed E-state index contributed by atoms with van der Waals surface area (Å²) in [7, 11) is 0. The fourth-order valence-electron chi connectivity index (χ4n) is 3.70. The molecule has 1 saturated carbocycles. The van der Waals surface area contributed by atoms with E-state index < -0.39 is 6.36 Å². The Morgan fingerprint density at radius 1 is 1.03 bits per heavy atom. The van der Waals surface area contributed by atoms with Gasteiger partial charge >= 0.3 is 6.36 Å². The predicted octanol–water partition coefficient (Wildman–Crippen LogP) is 7.10. The SMILES string of the molecule is Cc1cc(Nc2cc(-c3cccc(OC(F)(F)F)c3)nc(NC3CCCC3)n2)ccc1Cl. The smallest absolute Gasteiger partial charge is 0.406 e. The maximum atomic E-state index is 12.7. The fourth-order valence-corrected chi connectivity index (χ4v) is 3.82. The molecule has 168 valence electrons. The summed E-state index contributed by atoms with van der Waals surface area (Å²) in [5.41, 5.74) is 2.66. The first-order chi connectivity index (χ1) is 15.2. The van der Waals surface area contributed by atoms with Crippen LogP contribution < -0.4 is 15.4 Å². The standard InChI is InChI=1S/C23H22ClF3N4O/c1-14-11-17(9-10-19(14)24)28-21-13-20(30-22(31-21)29-16-6-2-3-7-16)15-5-4-8-18(12-15)32-23(25,26)27/h4-5,8-13,16H,2-3,6-7H2,1H3,(H2,28,29,30,31). The minimum Gasteiger partial charge on any atom is -0.406 e. The van der Waals surface area contributed by atoms with Crippen LogP contribution in [0.1, 0.15) is 31.2 Å². The lowest BCUT2D eigenvalue weighted by Gasteiger charge is -2.16. The Bertz CT molecular complexity index is 1100. The third kappa shape index (κ3) is 5.82. The Kier molecular flexibility index (Phi) is 6.41. The van der Waals surface area contributed by atoms with Gasteiger partial charge in [0.05, 0.1) is 5.69 Å². The number of nitrogens with zero attached hydrogens (tertiary/aromatic N) is 2. The van der Waals surface area contributed by atoms with E-state index in [-0.39, 0.29) is 11.8 Å². The van der Waals surface area contributed by atoms with Crippen LogP contribution in [0.3, 0.4) is 0 Å². The molecule has 1 heterocycles. The number of anilines is 3. The Labute approximate surface area is 189 Å². The van der Waals surface area contributed by atoms with E-state index in [1.54, 1.807) is 18.2 Å². The molecule has 3 aromatic rings. The third-order valence-electron chi connectivity index (χ3n) is 5.21. The van der Waals surface area contributed by atoms with E-state index in [0.717, 1.165) is 36.9 Å². The maximum Gasteiger partial charge on any atom is 0.573 e. The zero-order valence-electron chi connectivity index (χ0n) is 17.3. The molecule has 4 rings (SSSR count). The highest BCUT2D eigenvalue weighted by Crippen LogP contribution is 2.30. The average molecular weight is 463 g/mol. The van der Waals surface area contributed by atoms with Crippen LogP contribution >= 0.6 is 11.6 Å². The first-order valence-electron chi connectivity index (χ1n) is 10.3. The van der Waals surface area contributed by atoms with Crippen molar-refractivity contribution < 1.29 is 17.9 Å². The summed E-state index contributed by atoms with van der Waals surface area (Å²) in [5.74, 6) is 0.630. The first kappa shape index (κ1) is 22.2. The lowest BCUT2D eigenvalue weighted by molar-refractivity contribution is -0.274. The highest BCUT2D eigenvalue weighted by atomic mass is 35.5. The van der Waals surface area contributed by atoms with Crippen LogP contribution in [0.5, 0.6) is 5.75 Å². The number of rotatable bonds is 6. The molecule has 0 saturated heterocycles. The largest absolute Gasteiger partial charge is 0.573 e. The van der Waals surface area contributed by atoms with Crippen LogP contribution in [0.15, 0.2) is 48.5 Å². The highest BCUT2D eigenvalue weighted by molar-refractivity contribution is 6.31. The number of halogens is 4. The van der Waals surface area contributed by atoms with E-state index in [1.165, 1.54) is 18.2 Å². The zero-order valence-corrected chi connectivity index (χ0v) is 18.1. The number of alkyl halides is 3. The quantitative estimate of drug-likeness (QED) is 0.409. The molecule has 2 aromatic carbocycles. The lowest BCUT2D eigenvalue weighted by atomic mass is 10.1. The molecule has 9 heteroatoms. The second-order valence-electron chi connectivity index (χ2n) is 7.75. The number of hydrogen-bond acceptors (Lipinski definition) is 5. The minimum atomic E-state index is -4.77. The van der Waals surface area contributed by atoms with Crippen molar-refractivity contribution in [1.82, 2.24) is 9.97 Å². The van der Waals surface area contributed by atoms with E-state index in [4.69, 9.17) is 11.6 Å². The molecule has 0 spiro atoms. The molecule has 5 nitrogen and oxygen atoms in total. The van der Waals surface area contributed by atoms with Crippen molar-refractivity contribution in [1.29, 1.82) is 0 Å². The second-order valence-corrected chi connectivity index (χ2v) is 8.16. The molecular weight excluding hydrogens is 441 g/mol. The molecule has 1 aliphatic rings. The average Bonchev–Trinajstić information content (AvgIpc) is 3.22. The Hall–Kier alpha value is -3.00. The third-order valence-corrected chi connectivity index (χ3v) is 5.63. The summed E-state index contributed by atoms with van der Waals surface area (Å²) in [6.07, 6.45) is -0.422. The van der Waals surface area contributed by atoms with Gasteiger partial charge in [-0.3, -0.25) is 0 Å². The van der Waals surface area contributed by atoms with Crippen molar-refractivity contribution in [3.63, 3.8) is 0 Å². The molecule has 1 fully saturated rings. The predicted molar refractivity (Wildman–Crippen MR) is 120 cm³/mol. The van der Waals surface area contributed by atoms with Gasteiger partial charge in [-0.2, -0.15) is 4.98 Å². The van der Waals surface area contributed by atoms with Gasteiger partial charge in [-0.25, -0.2) is 4.98 Å². The van der Waals surface area contributed by atoms with Gasteiger partial charge < -0.3 is 15.4 Å². The van der Waals surface area contributed by atoms with Gasteiger partial charge in [0.1, 0.15) is 11.6 Å². The molecule has 1 aromatic heterocycles. The number of ether oxygens (including phenoxy) is 1. The summed E-state index contributed by atoms with van der Waals surface area (Å²) in [6, 6.07) is 13.2. The summed E-state index contributed by atoms with van der Waals surface area (Å²) in [5, 5.41) is 7.25. The van der Waals surface area contributed by atoms with Crippen molar-refractivity contribution in [2.24, 2.45) is 0 Å². The molecule has 0 amide bonds. The molecule has 0 bridgehead atoms. The van der Waals surface area contributed by atoms with E-state index in [2.05, 4.69) is 25.3 Å². The summed E-state index contributed by atoms with van der Waals surface area (Å²) < 4.78 is 42.0. The van der Waals surface area contributed by atoms with Crippen molar-refractivity contribution in [3.8, 4) is 17.0 Å². The number of aromatic nitrogens is 2. The number of benzene rings is 2. The molecule has 32 heavy (non-hydrogen) atoms. The first-order valence-corrected chi connectivity index (χ1v) is 10.7. The van der Waals surface area contributed by atoms with Gasteiger partial charge in [-0.05, 0) is 55.7 Å². The second kappa shape index (κ2) is 9.24. The van der Waals surface area contributed by atoms with Gasteiger partial charge in [-0.15, -0.1) is 13.2 Å². The van der Waals surface area contributed by atoms with Crippen LogP contribution in [-0.4, -0.2) is 22.4 Å². The normalized spacial score (nSPS) is 14.4. The zero-order chi connectivity index (χ0) is 22.7. The van der Waals surface area contributed by atoms with Crippen LogP contribution in [-0.2, 0) is 0 Å². The Balaban J connectivity index is 1.68. The Morgan fingerprint density at radius 2 is 1.81 bits per heavy atom. The van der Waals surface area contributed by atoms with Gasteiger partial charge in [0.25, 0.3) is 0 Å². The van der Waals surface area contributed by atoms with Crippen LogP contribution in [0, 0.1) is 6.92 Å². The van der Waals surface area contributed by atoms with Gasteiger partial charge in [0.2, 0.25) is 5.95 Å². The molecule has 0 aliphatic heterocycles. The van der Waals surface area contributed by atoms with Crippen LogP contribution in [0.2, 0.25) is 5.02 Å². The van der Waals surface area contributed by atoms with E-state index >= 15 is 0 Å². The van der Waals surface area contributed by atoms with Crippen molar-refractivity contribution in [3.05, 3.63) is 59.1 Å². The van der Waals surface area contributed by atoms with E-state index in [0.29, 0.717) is 28.0 Å². The number of nitrogens with one attached hydrogen (secondary N) is 2. The summed E-state index contributed by atoms with van der Waals surface area (Å²) in [4.78, 5) is 9.13. The topological polar surface area (TPSA) is 59.1 Å². The van der Waals surface area contributed by atoms with Crippen molar-refractivity contribution in [2.45, 2.75) is 45.0 Å². The molecular formula is C23H22ClF3N4O. The monoisotopic (exact) mass is 462 g/mol. The van der Waals surface area contributed by atoms with Crippen LogP contribution in [0.4, 0.5) is 30.6 Å². The number of aryl methyl sites for hydroxylation is 1. The summed E-state index contributed by atoms with van der Waals surface area (Å²) in [6.45, 7) is 1.90. The van der Waals surface area contributed by atoms with E-state index in [9.17, 15) is 13.2 Å². The fraction of sp³-hybridized carbons (Fsp3) is 0.304. The van der Waals surface area contributed by atoms with Crippen LogP contribution in [0.25, 0.3) is 11.3 Å². The number of hydrogen-bond donors (Lipinski definition) is 2. The van der Waals surface area contributed by atoms with Gasteiger partial charge in [0, 0.05) is 28.4 Å². The highest BCUT2D eigenvalue weighted by Gasteiger charge is 2.31. The van der Waals surface area contributed by atoms with Crippen molar-refractivity contribution in [2.75, 3.05) is 10.6 Å². The molecule has 0 atom stereocenters. The summed E-state index contributed by atoms with van der Waals surface area (Å²) >= 11 is 6.11. The molecule has 0 unspecified atom stereocenters. The lowest BCUT2D eigenvalue weighted by Crippen LogP contribution is -2.17. The van der Waals surface area contributed by atoms with Gasteiger partial charge in [-0.1, -0.05) is 36.6 Å². The maximum absolute atomic E-state index is 12.7. The molecule has 1 aliphatic carbocycles. The van der Waals surface area contributed by atoms with E-state index in [1.807, 2.05) is 19.1 Å². The Morgan fingerprint density at radius 3 is 2.53 bits per heavy atom. The molecule has 2 N–H and O–H groups in total. The minimum absolute atomic E-state index is 0.274.